The molecule has 1 atom stereocenters. The van der Waals surface area contributed by atoms with Crippen LogP contribution >= 0.6 is 23.2 Å². The van der Waals surface area contributed by atoms with Gasteiger partial charge >= 0.3 is 0 Å². The van der Waals surface area contributed by atoms with Gasteiger partial charge in [-0.25, -0.2) is 0 Å². The average molecular weight is 318 g/mol. The van der Waals surface area contributed by atoms with Crippen LogP contribution in [0.4, 0.5) is 0 Å². The molecule has 0 aromatic heterocycles. The second-order valence-electron chi connectivity index (χ2n) is 4.73. The van der Waals surface area contributed by atoms with E-state index in [2.05, 4.69) is 6.92 Å². The molecule has 2 N–H and O–H groups in total. The lowest BCUT2D eigenvalue weighted by atomic mass is 10.0. The van der Waals surface area contributed by atoms with Crippen LogP contribution in [0.3, 0.4) is 0 Å². The average Bonchev–Trinajstić information content (AvgIpc) is 2.44. The van der Waals surface area contributed by atoms with Crippen molar-refractivity contribution in [2.24, 2.45) is 5.73 Å². The van der Waals surface area contributed by atoms with Gasteiger partial charge in [0.25, 0.3) is 0 Å². The maximum atomic E-state index is 6.27. The second-order valence-corrected chi connectivity index (χ2v) is 5.35. The fourth-order valence-corrected chi connectivity index (χ4v) is 2.05. The van der Waals surface area contributed by atoms with E-state index in [1.807, 2.05) is 19.1 Å². The molecule has 1 aromatic carbocycles. The molecule has 0 saturated carbocycles. The maximum absolute atomic E-state index is 6.27. The molecule has 0 aliphatic heterocycles. The Morgan fingerprint density at radius 2 is 2.15 bits per heavy atom. The third-order valence-electron chi connectivity index (χ3n) is 2.94. The predicted octanol–water partition coefficient (Wildman–Crippen LogP) is 4.15. The summed E-state index contributed by atoms with van der Waals surface area (Å²) in [4.78, 5) is 0. The van der Waals surface area contributed by atoms with Crippen LogP contribution in [-0.4, -0.2) is 19.8 Å². The zero-order valence-corrected chi connectivity index (χ0v) is 13.6. The zero-order chi connectivity index (χ0) is 15.1. The number of hydrogen-bond donors (Lipinski definition) is 1. The zero-order valence-electron chi connectivity index (χ0n) is 12.1. The van der Waals surface area contributed by atoms with Gasteiger partial charge in [0, 0.05) is 11.6 Å². The van der Waals surface area contributed by atoms with Crippen molar-refractivity contribution >= 4 is 23.2 Å². The lowest BCUT2D eigenvalue weighted by Crippen LogP contribution is -2.21. The highest BCUT2D eigenvalue weighted by molar-refractivity contribution is 6.32. The molecule has 0 radical (unpaired) electrons. The molecule has 112 valence electrons. The highest BCUT2D eigenvalue weighted by Crippen LogP contribution is 2.37. The molecule has 3 nitrogen and oxygen atoms in total. The summed E-state index contributed by atoms with van der Waals surface area (Å²) in [5, 5.41) is 0.519. The van der Waals surface area contributed by atoms with Gasteiger partial charge in [-0.1, -0.05) is 30.1 Å². The Balaban J connectivity index is 2.95. The molecule has 0 heterocycles. The molecule has 0 spiro atoms. The Morgan fingerprint density at radius 3 is 2.70 bits per heavy atom. The molecule has 0 bridgehead atoms. The van der Waals surface area contributed by atoms with Crippen LogP contribution in [0.2, 0.25) is 5.02 Å². The smallest absolute Gasteiger partial charge is 0.180 e. The van der Waals surface area contributed by atoms with Crippen LogP contribution in [-0.2, 0) is 6.42 Å². The topological polar surface area (TPSA) is 44.5 Å². The first-order valence-electron chi connectivity index (χ1n) is 6.52. The van der Waals surface area contributed by atoms with Gasteiger partial charge < -0.3 is 15.2 Å². The summed E-state index contributed by atoms with van der Waals surface area (Å²) in [7, 11) is 1.59. The van der Waals surface area contributed by atoms with Gasteiger partial charge in [0.2, 0.25) is 0 Å². The van der Waals surface area contributed by atoms with E-state index in [9.17, 15) is 0 Å². The molecule has 1 unspecified atom stereocenters. The molecule has 5 heteroatoms. The van der Waals surface area contributed by atoms with E-state index in [-0.39, 0.29) is 6.04 Å². The lowest BCUT2D eigenvalue weighted by Gasteiger charge is -2.15. The van der Waals surface area contributed by atoms with Crippen molar-refractivity contribution < 1.29 is 9.47 Å². The van der Waals surface area contributed by atoms with E-state index >= 15 is 0 Å². The van der Waals surface area contributed by atoms with Crippen molar-refractivity contribution in [1.82, 2.24) is 0 Å². The number of halogens is 2. The van der Waals surface area contributed by atoms with Gasteiger partial charge in [-0.05, 0) is 43.0 Å². The van der Waals surface area contributed by atoms with E-state index in [1.54, 1.807) is 7.11 Å². The molecule has 1 rings (SSSR count). The molecule has 0 saturated heterocycles. The SMILES string of the molecule is CCC(N)Cc1cc(Cl)c(OC/C(C)=C/Cl)c(OC)c1. The first kappa shape index (κ1) is 17.2. The summed E-state index contributed by atoms with van der Waals surface area (Å²) in [6.07, 6.45) is 1.67. The molecular formula is C15H21Cl2NO2. The Hall–Kier alpha value is -0.900. The van der Waals surface area contributed by atoms with Crippen molar-refractivity contribution in [3.8, 4) is 11.5 Å². The summed E-state index contributed by atoms with van der Waals surface area (Å²) in [5.74, 6) is 1.14. The summed E-state index contributed by atoms with van der Waals surface area (Å²) in [6.45, 7) is 4.30. The number of benzene rings is 1. The lowest BCUT2D eigenvalue weighted by molar-refractivity contribution is 0.319. The van der Waals surface area contributed by atoms with Gasteiger partial charge in [-0.3, -0.25) is 0 Å². The minimum absolute atomic E-state index is 0.115. The van der Waals surface area contributed by atoms with Crippen molar-refractivity contribution in [2.45, 2.75) is 32.7 Å². The van der Waals surface area contributed by atoms with Gasteiger partial charge in [0.1, 0.15) is 6.61 Å². The number of nitrogens with two attached hydrogens (primary N) is 1. The molecule has 0 aliphatic rings. The van der Waals surface area contributed by atoms with Gasteiger partial charge in [0.15, 0.2) is 11.5 Å². The number of methoxy groups -OCH3 is 1. The summed E-state index contributed by atoms with van der Waals surface area (Å²) in [6, 6.07) is 3.90. The molecule has 1 aromatic rings. The normalized spacial score (nSPS) is 13.2. The van der Waals surface area contributed by atoms with Crippen LogP contribution in [0, 0.1) is 0 Å². The number of rotatable bonds is 7. The molecular weight excluding hydrogens is 297 g/mol. The highest BCUT2D eigenvalue weighted by Gasteiger charge is 2.13. The standard InChI is InChI=1S/C15H21Cl2NO2/c1-4-12(18)5-11-6-13(17)15(14(7-11)19-3)20-9-10(2)8-16/h6-8,12H,4-5,9,18H2,1-3H3/b10-8+. The van der Waals surface area contributed by atoms with Crippen LogP contribution in [0.1, 0.15) is 25.8 Å². The fraction of sp³-hybridized carbons (Fsp3) is 0.467. The third kappa shape index (κ3) is 4.89. The summed E-state index contributed by atoms with van der Waals surface area (Å²) >= 11 is 11.9. The number of ether oxygens (including phenoxy) is 2. The van der Waals surface area contributed by atoms with Crippen molar-refractivity contribution in [1.29, 1.82) is 0 Å². The molecule has 0 fully saturated rings. The highest BCUT2D eigenvalue weighted by atomic mass is 35.5. The summed E-state index contributed by atoms with van der Waals surface area (Å²) in [5.41, 5.74) is 9.39. The van der Waals surface area contributed by atoms with Crippen molar-refractivity contribution in [3.63, 3.8) is 0 Å². The van der Waals surface area contributed by atoms with E-state index < -0.39 is 0 Å². The van der Waals surface area contributed by atoms with Crippen LogP contribution in [0.25, 0.3) is 0 Å². The van der Waals surface area contributed by atoms with Gasteiger partial charge in [-0.15, -0.1) is 0 Å². The third-order valence-corrected chi connectivity index (χ3v) is 3.60. The minimum Gasteiger partial charge on any atom is -0.493 e. The van der Waals surface area contributed by atoms with Gasteiger partial charge in [0.05, 0.1) is 12.1 Å². The van der Waals surface area contributed by atoms with Crippen LogP contribution in [0.5, 0.6) is 11.5 Å². The van der Waals surface area contributed by atoms with E-state index in [0.29, 0.717) is 23.1 Å². The first-order valence-corrected chi connectivity index (χ1v) is 7.33. The fourth-order valence-electron chi connectivity index (χ4n) is 1.70. The Morgan fingerprint density at radius 1 is 1.45 bits per heavy atom. The monoisotopic (exact) mass is 317 g/mol. The Bertz CT molecular complexity index is 475. The Kier molecular flexibility index (Phi) is 7.20. The Labute approximate surface area is 130 Å². The van der Waals surface area contributed by atoms with E-state index in [1.165, 1.54) is 5.54 Å². The molecule has 20 heavy (non-hydrogen) atoms. The largest absolute Gasteiger partial charge is 0.493 e. The molecule has 0 aliphatic carbocycles. The van der Waals surface area contributed by atoms with E-state index in [4.69, 9.17) is 38.4 Å². The minimum atomic E-state index is 0.115. The number of hydrogen-bond acceptors (Lipinski definition) is 3. The van der Waals surface area contributed by atoms with Crippen LogP contribution in [0.15, 0.2) is 23.2 Å². The first-order chi connectivity index (χ1) is 9.51. The van der Waals surface area contributed by atoms with E-state index in [0.717, 1.165) is 24.0 Å². The van der Waals surface area contributed by atoms with Gasteiger partial charge in [-0.2, -0.15) is 0 Å². The van der Waals surface area contributed by atoms with Crippen LogP contribution < -0.4 is 15.2 Å². The summed E-state index contributed by atoms with van der Waals surface area (Å²) < 4.78 is 11.0. The second kappa shape index (κ2) is 8.40. The quantitative estimate of drug-likeness (QED) is 0.821. The maximum Gasteiger partial charge on any atom is 0.180 e. The predicted molar refractivity (Wildman–Crippen MR) is 85.1 cm³/mol. The van der Waals surface area contributed by atoms with Crippen molar-refractivity contribution in [2.75, 3.05) is 13.7 Å². The molecule has 0 amide bonds. The van der Waals surface area contributed by atoms with Crippen molar-refractivity contribution in [3.05, 3.63) is 33.8 Å².